The lowest BCUT2D eigenvalue weighted by molar-refractivity contribution is -0.661. The maximum Gasteiger partial charge on any atom is 0.216 e. The lowest BCUT2D eigenvalue weighted by atomic mass is 9.84. The third-order valence-electron chi connectivity index (χ3n) is 26.0. The maximum absolute atomic E-state index is 6.52. The van der Waals surface area contributed by atoms with Gasteiger partial charge in [0.2, 0.25) is 22.8 Å². The van der Waals surface area contributed by atoms with Gasteiger partial charge in [0.1, 0.15) is 72.9 Å². The first kappa shape index (κ1) is 75.5. The summed E-state index contributed by atoms with van der Waals surface area (Å²) >= 11 is 0. The summed E-state index contributed by atoms with van der Waals surface area (Å²) in [6, 6.07) is 87.2. The molecule has 0 amide bonds. The van der Waals surface area contributed by atoms with Gasteiger partial charge >= 0.3 is 0 Å². The molecular weight excluding hydrogens is 1440 g/mol. The summed E-state index contributed by atoms with van der Waals surface area (Å²) in [5, 5.41) is 19.6. The fourth-order valence-corrected chi connectivity index (χ4v) is 19.6. The standard InChI is InChI=1S/C29H28NO.C28H26NO.C27H26NO.C26H24NO/c1-19-12-15-24-28-23-11-7-6-10-21(23)14-17-26(28)31-29(24)27(19)25-16-13-22(18-30(25)2)20-8-4-3-5-9-20;1-18-11-14-23-27-22-10-6-5-9-20(22)13-16-25(27)30-28(23)26(18)24-15-12-21(17-29(24)2)19-7-3-4-8-19;1-17-10-13-21-25-20-9-7-6-8-18(20)11-15-23(25)29-26(21)24(17)22-14-12-19(16-28(22)5)27(2,3)4;1-16(2)19-10-13-22(27(4)15-19)24-17(3)9-12-21-25-20-8-6-5-7-18(20)11-14-23(25)28-26(21)24/h6-7,10-18,20H,3-5,8-9H2,1-2H3;5-6,9-17,19H,3-4,7-8H2,1-2H3;6-16H,1-5H3;5-16H,1-4H3/q4*+1. The van der Waals surface area contributed by atoms with E-state index in [2.05, 4.69) is 376 Å². The number of benzene rings is 12. The molecule has 2 fully saturated rings. The molecule has 12 aromatic carbocycles. The molecule has 0 saturated heterocycles. The first-order valence-corrected chi connectivity index (χ1v) is 42.6. The largest absolute Gasteiger partial charge is 0.455 e. The Hall–Kier alpha value is -12.5. The topological polar surface area (TPSA) is 68.1 Å². The van der Waals surface area contributed by atoms with Crippen molar-refractivity contribution in [2.24, 2.45) is 28.2 Å². The van der Waals surface area contributed by atoms with Crippen molar-refractivity contribution in [1.29, 1.82) is 0 Å². The van der Waals surface area contributed by atoms with E-state index in [-0.39, 0.29) is 5.41 Å². The smallest absolute Gasteiger partial charge is 0.216 e. The molecule has 0 unspecified atom stereocenters. The van der Waals surface area contributed by atoms with Crippen molar-refractivity contribution in [3.05, 3.63) is 312 Å². The van der Waals surface area contributed by atoms with Gasteiger partial charge in [-0.2, -0.15) is 0 Å². The van der Waals surface area contributed by atoms with E-state index in [9.17, 15) is 0 Å². The molecule has 2 aliphatic carbocycles. The molecule has 8 heteroatoms. The van der Waals surface area contributed by atoms with Crippen LogP contribution in [0.4, 0.5) is 0 Å². The van der Waals surface area contributed by atoms with E-state index in [4.69, 9.17) is 17.7 Å². The lowest BCUT2D eigenvalue weighted by Gasteiger charge is -2.21. The zero-order chi connectivity index (χ0) is 80.9. The van der Waals surface area contributed by atoms with Gasteiger partial charge in [-0.25, -0.2) is 18.3 Å². The van der Waals surface area contributed by atoms with Crippen LogP contribution in [0.5, 0.6) is 0 Å². The molecule has 0 bridgehead atoms. The fraction of sp³-hybridized carbons (Fsp3) is 0.236. The number of aromatic nitrogens is 4. The number of furan rings is 4. The lowest BCUT2D eigenvalue weighted by Crippen LogP contribution is -2.33. The van der Waals surface area contributed by atoms with Gasteiger partial charge in [0.05, 0.1) is 22.3 Å². The Morgan fingerprint density at radius 1 is 0.288 bits per heavy atom. The Labute approximate surface area is 690 Å². The Morgan fingerprint density at radius 3 is 0.873 bits per heavy atom. The van der Waals surface area contributed by atoms with Crippen molar-refractivity contribution in [3.8, 4) is 45.0 Å². The second-order valence-electron chi connectivity index (χ2n) is 35.1. The van der Waals surface area contributed by atoms with E-state index in [1.165, 1.54) is 234 Å². The van der Waals surface area contributed by atoms with E-state index < -0.39 is 0 Å². The van der Waals surface area contributed by atoms with Crippen molar-refractivity contribution >= 4 is 131 Å². The molecule has 8 aromatic heterocycles. The molecular formula is C110H104N4O4+4. The minimum absolute atomic E-state index is 0.121. The number of fused-ring (bicyclic) bond motifs is 20. The van der Waals surface area contributed by atoms with E-state index in [0.717, 1.165) is 50.6 Å². The van der Waals surface area contributed by atoms with Gasteiger partial charge in [0.25, 0.3) is 0 Å². The van der Waals surface area contributed by atoms with Crippen LogP contribution in [0.15, 0.2) is 285 Å². The summed E-state index contributed by atoms with van der Waals surface area (Å²) in [6.45, 7) is 19.9. The van der Waals surface area contributed by atoms with E-state index in [1.807, 2.05) is 0 Å². The molecule has 0 atom stereocenters. The van der Waals surface area contributed by atoms with E-state index in [1.54, 1.807) is 0 Å². The molecule has 0 N–H and O–H groups in total. The summed E-state index contributed by atoms with van der Waals surface area (Å²) < 4.78 is 35.0. The fourth-order valence-electron chi connectivity index (χ4n) is 19.6. The SMILES string of the molecule is Cc1ccc2c(oc3ccc4ccccc4c32)c1-c1ccc(C(C)(C)C)c[n+]1C.Cc1ccc2c(oc3ccc4ccccc4c32)c1-c1ccc(C(C)C)c[n+]1C.Cc1ccc2c(oc3ccc4ccccc4c32)c1-c1ccc(C2CCCC2)c[n+]1C.Cc1ccc2c(oc3ccc4ccccc4c32)c1-c1ccc(C2CCCCC2)c[n+]1C. The minimum Gasteiger partial charge on any atom is -0.455 e. The molecule has 2 saturated carbocycles. The summed E-state index contributed by atoms with van der Waals surface area (Å²) in [5.41, 5.74) is 27.9. The average molecular weight is 1550 g/mol. The number of hydrogen-bond acceptors (Lipinski definition) is 4. The number of aryl methyl sites for hydroxylation is 8. The summed E-state index contributed by atoms with van der Waals surface area (Å²) in [6.07, 6.45) is 21.3. The predicted octanol–water partition coefficient (Wildman–Crippen LogP) is 28.3. The zero-order valence-electron chi connectivity index (χ0n) is 70.4. The van der Waals surface area contributed by atoms with Crippen molar-refractivity contribution in [3.63, 3.8) is 0 Å². The van der Waals surface area contributed by atoms with E-state index >= 15 is 0 Å². The van der Waals surface area contributed by atoms with Crippen LogP contribution in [0.25, 0.3) is 176 Å². The molecule has 0 radical (unpaired) electrons. The number of rotatable bonds is 7. The summed E-state index contributed by atoms with van der Waals surface area (Å²) in [5.74, 6) is 1.94. The highest BCUT2D eigenvalue weighted by atomic mass is 16.3. The maximum atomic E-state index is 6.52. The van der Waals surface area contributed by atoms with Crippen molar-refractivity contribution in [2.45, 2.75) is 143 Å². The monoisotopic (exact) mass is 1540 g/mol. The van der Waals surface area contributed by atoms with Crippen molar-refractivity contribution in [2.75, 3.05) is 0 Å². The second kappa shape index (κ2) is 30.5. The molecule has 0 spiro atoms. The van der Waals surface area contributed by atoms with Gasteiger partial charge in [-0.05, 0) is 190 Å². The van der Waals surface area contributed by atoms with Crippen LogP contribution < -0.4 is 18.3 Å². The highest BCUT2D eigenvalue weighted by Crippen LogP contribution is 2.47. The number of pyridine rings is 4. The third-order valence-corrected chi connectivity index (χ3v) is 26.0. The Balaban J connectivity index is 0.000000105. The van der Waals surface area contributed by atoms with Gasteiger partial charge < -0.3 is 17.7 Å². The van der Waals surface area contributed by atoms with Gasteiger partial charge in [-0.3, -0.25) is 0 Å². The molecule has 20 aromatic rings. The molecule has 118 heavy (non-hydrogen) atoms. The number of hydrogen-bond donors (Lipinski definition) is 0. The van der Waals surface area contributed by atoms with Crippen LogP contribution >= 0.6 is 0 Å². The van der Waals surface area contributed by atoms with Crippen LogP contribution in [0.3, 0.4) is 0 Å². The predicted molar refractivity (Wildman–Crippen MR) is 490 cm³/mol. The van der Waals surface area contributed by atoms with Crippen molar-refractivity contribution in [1.82, 2.24) is 0 Å². The minimum atomic E-state index is 0.121. The average Bonchev–Trinajstić information content (AvgIpc) is 1.60. The van der Waals surface area contributed by atoms with Crippen LogP contribution in [-0.4, -0.2) is 0 Å². The van der Waals surface area contributed by atoms with Crippen LogP contribution in [-0.2, 0) is 33.6 Å². The van der Waals surface area contributed by atoms with Gasteiger partial charge in [0.15, 0.2) is 24.8 Å². The Morgan fingerprint density at radius 2 is 0.576 bits per heavy atom. The molecule has 2 aliphatic rings. The van der Waals surface area contributed by atoms with Crippen LogP contribution in [0.2, 0.25) is 0 Å². The van der Waals surface area contributed by atoms with Crippen molar-refractivity contribution < 1.29 is 35.9 Å². The summed E-state index contributed by atoms with van der Waals surface area (Å²) in [7, 11) is 8.60. The number of nitrogens with zero attached hydrogens (tertiary/aromatic N) is 4. The van der Waals surface area contributed by atoms with Gasteiger partial charge in [-0.15, -0.1) is 0 Å². The van der Waals surface area contributed by atoms with E-state index in [0.29, 0.717) is 11.8 Å². The summed E-state index contributed by atoms with van der Waals surface area (Å²) in [4.78, 5) is 0. The normalized spacial score (nSPS) is 13.7. The van der Waals surface area contributed by atoms with Gasteiger partial charge in [-0.1, -0.05) is 237 Å². The Bertz CT molecular complexity index is 7360. The molecule has 584 valence electrons. The first-order valence-electron chi connectivity index (χ1n) is 42.6. The van der Waals surface area contributed by atoms with Gasteiger partial charge in [0, 0.05) is 89.6 Å². The molecule has 8 nitrogen and oxygen atoms in total. The highest BCUT2D eigenvalue weighted by molar-refractivity contribution is 6.24. The first-order chi connectivity index (χ1) is 57.3. The Kier molecular flexibility index (Phi) is 19.5. The molecule has 0 aliphatic heterocycles. The molecule has 22 rings (SSSR count). The van der Waals surface area contributed by atoms with Crippen LogP contribution in [0.1, 0.15) is 155 Å². The quantitative estimate of drug-likeness (QED) is 0.149. The molecule has 8 heterocycles. The third kappa shape index (κ3) is 13.4. The van der Waals surface area contributed by atoms with Crippen LogP contribution in [0, 0.1) is 27.7 Å². The second-order valence-corrected chi connectivity index (χ2v) is 35.1. The zero-order valence-corrected chi connectivity index (χ0v) is 70.4. The highest BCUT2D eigenvalue weighted by Gasteiger charge is 2.30.